The highest BCUT2D eigenvalue weighted by molar-refractivity contribution is 5.99. The molecule has 3 aliphatic heterocycles. The molecule has 3 aliphatic rings. The second kappa shape index (κ2) is 3.22. The molecule has 4 rings (SSSR count). The Labute approximate surface area is 94.1 Å². The summed E-state index contributed by atoms with van der Waals surface area (Å²) in [4.78, 5) is 16.0. The van der Waals surface area contributed by atoms with E-state index in [1.165, 1.54) is 0 Å². The standard InChI is InChI=1S/C12H14N2O2/c1-13-9-6-11(13)12(16)14(7-9)8-2-4-10(15)5-3-8/h2-5,9,11,15H,6-7H2,1H3. The molecular formula is C12H14N2O2. The van der Waals surface area contributed by atoms with Crippen molar-refractivity contribution in [2.24, 2.45) is 0 Å². The van der Waals surface area contributed by atoms with Crippen molar-refractivity contribution >= 4 is 11.6 Å². The molecule has 0 spiro atoms. The third kappa shape index (κ3) is 1.23. The van der Waals surface area contributed by atoms with Crippen molar-refractivity contribution in [2.45, 2.75) is 18.5 Å². The van der Waals surface area contributed by atoms with E-state index in [4.69, 9.17) is 0 Å². The smallest absolute Gasteiger partial charge is 0.244 e. The van der Waals surface area contributed by atoms with Gasteiger partial charge in [-0.2, -0.15) is 0 Å². The van der Waals surface area contributed by atoms with Gasteiger partial charge in [-0.15, -0.1) is 0 Å². The summed E-state index contributed by atoms with van der Waals surface area (Å²) >= 11 is 0. The van der Waals surface area contributed by atoms with E-state index in [0.717, 1.165) is 18.7 Å². The largest absolute Gasteiger partial charge is 0.508 e. The lowest BCUT2D eigenvalue weighted by Gasteiger charge is -2.53. The van der Waals surface area contributed by atoms with E-state index in [9.17, 15) is 9.90 Å². The highest BCUT2D eigenvalue weighted by Crippen LogP contribution is 2.34. The number of carbonyl (C=O) groups is 1. The Kier molecular flexibility index (Phi) is 1.94. The summed E-state index contributed by atoms with van der Waals surface area (Å²) in [6.07, 6.45) is 0.990. The fourth-order valence-corrected chi connectivity index (χ4v) is 2.53. The second-order valence-corrected chi connectivity index (χ2v) is 4.54. The Hall–Kier alpha value is -1.55. The number of benzene rings is 1. The molecule has 1 aromatic carbocycles. The van der Waals surface area contributed by atoms with Crippen molar-refractivity contribution in [3.05, 3.63) is 24.3 Å². The minimum absolute atomic E-state index is 0.0625. The summed E-state index contributed by atoms with van der Waals surface area (Å²) in [6.45, 7) is 0.761. The Bertz CT molecular complexity index is 429. The van der Waals surface area contributed by atoms with Crippen LogP contribution in [0.25, 0.3) is 0 Å². The summed E-state index contributed by atoms with van der Waals surface area (Å²) in [5.41, 5.74) is 0.880. The number of fused-ring (bicyclic) bond motifs is 2. The lowest BCUT2D eigenvalue weighted by atomic mass is 9.87. The number of amides is 1. The molecule has 1 N–H and O–H groups in total. The van der Waals surface area contributed by atoms with Gasteiger partial charge in [0.1, 0.15) is 5.75 Å². The van der Waals surface area contributed by atoms with Crippen LogP contribution in [0.1, 0.15) is 6.42 Å². The number of rotatable bonds is 1. The molecule has 16 heavy (non-hydrogen) atoms. The Morgan fingerprint density at radius 3 is 2.56 bits per heavy atom. The molecule has 2 unspecified atom stereocenters. The molecule has 1 aromatic rings. The maximum Gasteiger partial charge on any atom is 0.244 e. The molecule has 3 heterocycles. The number of phenols is 1. The normalized spacial score (nSPS) is 29.1. The zero-order valence-corrected chi connectivity index (χ0v) is 9.13. The molecule has 84 valence electrons. The van der Waals surface area contributed by atoms with Crippen molar-refractivity contribution in [1.82, 2.24) is 4.90 Å². The van der Waals surface area contributed by atoms with Gasteiger partial charge in [0, 0.05) is 18.3 Å². The average Bonchev–Trinajstić information content (AvgIpc) is 2.29. The third-order valence-electron chi connectivity index (χ3n) is 3.67. The lowest BCUT2D eigenvalue weighted by molar-refractivity contribution is -0.135. The first kappa shape index (κ1) is 9.66. The average molecular weight is 218 g/mol. The monoisotopic (exact) mass is 218 g/mol. The zero-order chi connectivity index (χ0) is 11.3. The topological polar surface area (TPSA) is 43.8 Å². The van der Waals surface area contributed by atoms with Gasteiger partial charge < -0.3 is 10.0 Å². The van der Waals surface area contributed by atoms with Gasteiger partial charge >= 0.3 is 0 Å². The van der Waals surface area contributed by atoms with Crippen LogP contribution in [0, 0.1) is 0 Å². The highest BCUT2D eigenvalue weighted by atomic mass is 16.3. The first-order valence-electron chi connectivity index (χ1n) is 5.49. The minimum atomic E-state index is 0.0625. The number of hydrogen-bond donors (Lipinski definition) is 1. The fraction of sp³-hybridized carbons (Fsp3) is 0.417. The van der Waals surface area contributed by atoms with Gasteiger partial charge in [-0.25, -0.2) is 0 Å². The van der Waals surface area contributed by atoms with E-state index >= 15 is 0 Å². The van der Waals surface area contributed by atoms with E-state index in [1.54, 1.807) is 24.3 Å². The van der Waals surface area contributed by atoms with E-state index in [2.05, 4.69) is 4.90 Å². The van der Waals surface area contributed by atoms with Crippen LogP contribution in [0.2, 0.25) is 0 Å². The molecule has 2 bridgehead atoms. The number of piperazine rings is 1. The van der Waals surface area contributed by atoms with Gasteiger partial charge in [-0.3, -0.25) is 9.69 Å². The molecule has 2 atom stereocenters. The SMILES string of the molecule is CN1C2CC1C(=O)N(c1ccc(O)cc1)C2. The van der Waals surface area contributed by atoms with Crippen LogP contribution >= 0.6 is 0 Å². The predicted octanol–water partition coefficient (Wildman–Crippen LogP) is 0.811. The lowest BCUT2D eigenvalue weighted by Crippen LogP contribution is -2.70. The first-order valence-corrected chi connectivity index (χ1v) is 5.49. The molecule has 4 heteroatoms. The Balaban J connectivity index is 1.86. The fourth-order valence-electron chi connectivity index (χ4n) is 2.53. The third-order valence-corrected chi connectivity index (χ3v) is 3.67. The number of hydrogen-bond acceptors (Lipinski definition) is 3. The van der Waals surface area contributed by atoms with Crippen molar-refractivity contribution in [1.29, 1.82) is 0 Å². The van der Waals surface area contributed by atoms with E-state index in [1.807, 2.05) is 11.9 Å². The van der Waals surface area contributed by atoms with Crippen molar-refractivity contribution < 1.29 is 9.90 Å². The first-order chi connectivity index (χ1) is 7.66. The van der Waals surface area contributed by atoms with Crippen LogP contribution < -0.4 is 4.90 Å². The number of piperidine rings is 1. The van der Waals surface area contributed by atoms with Crippen molar-refractivity contribution in [3.63, 3.8) is 0 Å². The Morgan fingerprint density at radius 1 is 1.31 bits per heavy atom. The van der Waals surface area contributed by atoms with Crippen LogP contribution in [0.15, 0.2) is 24.3 Å². The molecule has 0 aromatic heterocycles. The number of likely N-dealkylation sites (N-methyl/N-ethyl adjacent to an activating group) is 1. The minimum Gasteiger partial charge on any atom is -0.508 e. The summed E-state index contributed by atoms with van der Waals surface area (Å²) in [5.74, 6) is 0.408. The van der Waals surface area contributed by atoms with E-state index in [-0.39, 0.29) is 17.7 Å². The van der Waals surface area contributed by atoms with Gasteiger partial charge in [-0.05, 0) is 37.7 Å². The van der Waals surface area contributed by atoms with Crippen LogP contribution in [0.4, 0.5) is 5.69 Å². The van der Waals surface area contributed by atoms with Crippen LogP contribution in [0.5, 0.6) is 5.75 Å². The van der Waals surface area contributed by atoms with Crippen molar-refractivity contribution in [2.75, 3.05) is 18.5 Å². The summed E-state index contributed by atoms with van der Waals surface area (Å²) in [7, 11) is 2.00. The zero-order valence-electron chi connectivity index (χ0n) is 9.13. The Morgan fingerprint density at radius 2 is 2.00 bits per heavy atom. The van der Waals surface area contributed by atoms with Gasteiger partial charge in [0.15, 0.2) is 0 Å². The second-order valence-electron chi connectivity index (χ2n) is 4.54. The van der Waals surface area contributed by atoms with Crippen molar-refractivity contribution in [3.8, 4) is 5.75 Å². The quantitative estimate of drug-likeness (QED) is 0.758. The van der Waals surface area contributed by atoms with E-state index < -0.39 is 0 Å². The van der Waals surface area contributed by atoms with Gasteiger partial charge in [0.2, 0.25) is 5.91 Å². The summed E-state index contributed by atoms with van der Waals surface area (Å²) < 4.78 is 0. The van der Waals surface area contributed by atoms with Crippen LogP contribution in [0.3, 0.4) is 0 Å². The number of phenolic OH excluding ortho intramolecular Hbond substituents is 1. The maximum atomic E-state index is 12.1. The van der Waals surface area contributed by atoms with E-state index in [0.29, 0.717) is 6.04 Å². The number of carbonyl (C=O) groups excluding carboxylic acids is 1. The predicted molar refractivity (Wildman–Crippen MR) is 60.4 cm³/mol. The highest BCUT2D eigenvalue weighted by Gasteiger charge is 2.48. The van der Waals surface area contributed by atoms with Gasteiger partial charge in [0.05, 0.1) is 6.04 Å². The molecule has 0 radical (unpaired) electrons. The molecule has 0 aliphatic carbocycles. The summed E-state index contributed by atoms with van der Waals surface area (Å²) in [5, 5.41) is 9.21. The number of anilines is 1. The van der Waals surface area contributed by atoms with Gasteiger partial charge in [-0.1, -0.05) is 0 Å². The summed E-state index contributed by atoms with van der Waals surface area (Å²) in [6, 6.07) is 7.37. The van der Waals surface area contributed by atoms with Crippen LogP contribution in [-0.4, -0.2) is 41.6 Å². The van der Waals surface area contributed by atoms with Gasteiger partial charge in [0.25, 0.3) is 0 Å². The molecule has 4 nitrogen and oxygen atoms in total. The van der Waals surface area contributed by atoms with Crippen LogP contribution in [-0.2, 0) is 4.79 Å². The molecule has 0 saturated carbocycles. The molecule has 1 amide bonds. The maximum absolute atomic E-state index is 12.1. The molecule has 3 saturated heterocycles. The molecular weight excluding hydrogens is 204 g/mol. The molecule has 3 fully saturated rings. The number of aromatic hydroxyl groups is 1. The number of nitrogens with zero attached hydrogens (tertiary/aromatic N) is 2.